The van der Waals surface area contributed by atoms with Gasteiger partial charge < -0.3 is 5.11 Å². The summed E-state index contributed by atoms with van der Waals surface area (Å²) in [5.74, 6) is 0.808. The summed E-state index contributed by atoms with van der Waals surface area (Å²) >= 11 is 0. The second-order valence-corrected chi connectivity index (χ2v) is 9.13. The first-order chi connectivity index (χ1) is 12.0. The summed E-state index contributed by atoms with van der Waals surface area (Å²) in [7, 11) is -1.65. The molecule has 0 heterocycles. The zero-order chi connectivity index (χ0) is 19.1. The Kier molecular flexibility index (Phi) is 15.2. The molecule has 0 aliphatic rings. The molecule has 0 aromatic rings. The average Bonchev–Trinajstić information content (AvgIpc) is 2.62. The van der Waals surface area contributed by atoms with Crippen LogP contribution in [0.2, 0.25) is 0 Å². The predicted octanol–water partition coefficient (Wildman–Crippen LogP) is 5.48. The van der Waals surface area contributed by atoms with Gasteiger partial charge in [-0.15, -0.1) is 0 Å². The quantitative estimate of drug-likeness (QED) is 0.339. The van der Waals surface area contributed by atoms with Gasteiger partial charge in [0.1, 0.15) is 0 Å². The smallest absolute Gasteiger partial charge is 0.395 e. The van der Waals surface area contributed by atoms with E-state index in [0.717, 1.165) is 51.4 Å². The zero-order valence-electron chi connectivity index (χ0n) is 17.2. The van der Waals surface area contributed by atoms with Crippen molar-refractivity contribution in [3.05, 3.63) is 0 Å². The number of likely N-dealkylation sites (N-methyl/N-ethyl adjacent to an activating group) is 1. The Morgan fingerprint density at radius 3 is 1.68 bits per heavy atom. The van der Waals surface area contributed by atoms with Gasteiger partial charge in [-0.3, -0.25) is 9.05 Å². The molecule has 2 unspecified atom stereocenters. The molecule has 0 aromatic heterocycles. The molecule has 0 amide bonds. The van der Waals surface area contributed by atoms with Crippen molar-refractivity contribution in [1.82, 2.24) is 4.67 Å². The minimum Gasteiger partial charge on any atom is -0.395 e. The molecule has 0 aromatic carbocycles. The van der Waals surface area contributed by atoms with Crippen LogP contribution in [0.4, 0.5) is 0 Å². The molecule has 0 spiro atoms. The Labute approximate surface area is 156 Å². The van der Waals surface area contributed by atoms with Crippen molar-refractivity contribution in [3.8, 4) is 0 Å². The summed E-state index contributed by atoms with van der Waals surface area (Å²) in [6.45, 7) is 9.78. The lowest BCUT2D eigenvalue weighted by molar-refractivity contribution is 0.117. The zero-order valence-corrected chi connectivity index (χ0v) is 18.1. The Balaban J connectivity index is 4.78. The van der Waals surface area contributed by atoms with Crippen LogP contribution in [0, 0.1) is 11.8 Å². The normalized spacial score (nSPS) is 16.8. The molecular formula is C19H42NO4P. The fraction of sp³-hybridized carbons (Fsp3) is 1.00. The van der Waals surface area contributed by atoms with Crippen LogP contribution in [0.25, 0.3) is 0 Å². The second-order valence-electron chi connectivity index (χ2n) is 7.00. The van der Waals surface area contributed by atoms with E-state index in [4.69, 9.17) is 9.05 Å². The van der Waals surface area contributed by atoms with E-state index in [2.05, 4.69) is 27.7 Å². The number of unbranched alkanes of at least 4 members (excludes halogenated alkanes) is 2. The molecule has 0 radical (unpaired) electrons. The van der Waals surface area contributed by atoms with Gasteiger partial charge in [0, 0.05) is 6.54 Å². The first-order valence-corrected chi connectivity index (χ1v) is 11.7. The van der Waals surface area contributed by atoms with Crippen molar-refractivity contribution in [2.24, 2.45) is 11.8 Å². The Morgan fingerprint density at radius 1 is 0.920 bits per heavy atom. The minimum absolute atomic E-state index is 0.0622. The third kappa shape index (κ3) is 10.7. The Bertz CT molecular complexity index is 330. The van der Waals surface area contributed by atoms with E-state index in [1.54, 1.807) is 11.7 Å². The molecule has 0 saturated heterocycles. The lowest BCUT2D eigenvalue weighted by atomic mass is 10.0. The van der Waals surface area contributed by atoms with Crippen molar-refractivity contribution < 1.29 is 18.7 Å². The maximum Gasteiger partial charge on any atom is 0.407 e. The average molecular weight is 380 g/mol. The van der Waals surface area contributed by atoms with Gasteiger partial charge in [0.15, 0.2) is 0 Å². The fourth-order valence-corrected chi connectivity index (χ4v) is 4.30. The molecule has 1 N–H and O–H groups in total. The van der Waals surface area contributed by atoms with Crippen molar-refractivity contribution in [1.29, 1.82) is 0 Å². The van der Waals surface area contributed by atoms with Crippen LogP contribution in [0.3, 0.4) is 0 Å². The molecule has 0 aliphatic carbocycles. The topological polar surface area (TPSA) is 59.0 Å². The third-order valence-electron chi connectivity index (χ3n) is 4.88. The van der Waals surface area contributed by atoms with Crippen LogP contribution in [-0.2, 0) is 13.6 Å². The van der Waals surface area contributed by atoms with Crippen LogP contribution in [0.1, 0.15) is 79.1 Å². The molecule has 6 heteroatoms. The van der Waals surface area contributed by atoms with Gasteiger partial charge in [0.2, 0.25) is 0 Å². The standard InChI is InChI=1S/C19H42NO4P/c1-6-10-12-18(8-3)16-23-25(22,20(5)14-15-21)24-17-19(9-4)13-11-7-2/h18-19,21H,6-17H2,1-5H3. The van der Waals surface area contributed by atoms with Crippen molar-refractivity contribution in [2.45, 2.75) is 79.1 Å². The summed E-state index contributed by atoms with van der Waals surface area (Å²) in [6, 6.07) is 0. The maximum atomic E-state index is 13.3. The summed E-state index contributed by atoms with van der Waals surface area (Å²) in [5.41, 5.74) is 0. The number of aliphatic hydroxyl groups is 1. The molecule has 0 aliphatic heterocycles. The first-order valence-electron chi connectivity index (χ1n) is 10.2. The van der Waals surface area contributed by atoms with E-state index in [1.807, 2.05) is 0 Å². The van der Waals surface area contributed by atoms with Crippen LogP contribution in [0.5, 0.6) is 0 Å². The molecule has 2 atom stereocenters. The lowest BCUT2D eigenvalue weighted by Crippen LogP contribution is -2.24. The number of hydrogen-bond acceptors (Lipinski definition) is 4. The monoisotopic (exact) mass is 379 g/mol. The minimum atomic E-state index is -3.35. The predicted molar refractivity (Wildman–Crippen MR) is 106 cm³/mol. The Hall–Kier alpha value is 0.0700. The van der Waals surface area contributed by atoms with Gasteiger partial charge in [-0.25, -0.2) is 9.24 Å². The molecule has 25 heavy (non-hydrogen) atoms. The highest BCUT2D eigenvalue weighted by atomic mass is 31.2. The van der Waals surface area contributed by atoms with E-state index >= 15 is 0 Å². The van der Waals surface area contributed by atoms with Gasteiger partial charge in [-0.1, -0.05) is 66.2 Å². The van der Waals surface area contributed by atoms with Crippen LogP contribution in [0.15, 0.2) is 0 Å². The second kappa shape index (κ2) is 15.2. The molecular weight excluding hydrogens is 337 g/mol. The highest BCUT2D eigenvalue weighted by molar-refractivity contribution is 7.51. The lowest BCUT2D eigenvalue weighted by Gasteiger charge is -2.29. The fourth-order valence-electron chi connectivity index (χ4n) is 2.70. The summed E-state index contributed by atoms with van der Waals surface area (Å²) in [4.78, 5) is 0. The van der Waals surface area contributed by atoms with Crippen molar-refractivity contribution in [3.63, 3.8) is 0 Å². The van der Waals surface area contributed by atoms with Crippen molar-refractivity contribution >= 4 is 7.75 Å². The summed E-state index contributed by atoms with van der Waals surface area (Å²) in [6.07, 6.45) is 8.84. The molecule has 5 nitrogen and oxygen atoms in total. The molecule has 0 rings (SSSR count). The molecule has 0 bridgehead atoms. The summed E-state index contributed by atoms with van der Waals surface area (Å²) in [5, 5.41) is 9.21. The maximum absolute atomic E-state index is 13.3. The van der Waals surface area contributed by atoms with Crippen LogP contribution < -0.4 is 0 Å². The van der Waals surface area contributed by atoms with Gasteiger partial charge in [-0.05, 0) is 31.7 Å². The van der Waals surface area contributed by atoms with E-state index in [0.29, 0.717) is 25.0 Å². The van der Waals surface area contributed by atoms with Gasteiger partial charge in [0.25, 0.3) is 0 Å². The van der Waals surface area contributed by atoms with Crippen LogP contribution in [-0.4, -0.2) is 43.2 Å². The van der Waals surface area contributed by atoms with Gasteiger partial charge >= 0.3 is 7.75 Å². The van der Waals surface area contributed by atoms with Crippen molar-refractivity contribution in [2.75, 3.05) is 33.4 Å². The Morgan fingerprint density at radius 2 is 1.36 bits per heavy atom. The van der Waals surface area contributed by atoms with E-state index < -0.39 is 7.75 Å². The van der Waals surface area contributed by atoms with E-state index in [9.17, 15) is 9.67 Å². The number of rotatable bonds is 17. The highest BCUT2D eigenvalue weighted by Gasteiger charge is 2.32. The highest BCUT2D eigenvalue weighted by Crippen LogP contribution is 2.52. The number of nitrogens with zero attached hydrogens (tertiary/aromatic N) is 1. The summed E-state index contributed by atoms with van der Waals surface area (Å²) < 4.78 is 26.5. The van der Waals surface area contributed by atoms with Gasteiger partial charge in [0.05, 0.1) is 19.8 Å². The molecule has 0 fully saturated rings. The largest absolute Gasteiger partial charge is 0.407 e. The molecule has 0 saturated carbocycles. The SMILES string of the molecule is CCCCC(CC)COP(=O)(OCC(CC)CCCC)N(C)CCO. The molecule has 152 valence electrons. The van der Waals surface area contributed by atoms with Crippen LogP contribution >= 0.6 is 7.75 Å². The number of hydrogen-bond donors (Lipinski definition) is 1. The first kappa shape index (κ1) is 25.1. The van der Waals surface area contributed by atoms with E-state index in [-0.39, 0.29) is 13.2 Å². The third-order valence-corrected chi connectivity index (χ3v) is 6.86. The number of aliphatic hydroxyl groups excluding tert-OH is 1. The van der Waals surface area contributed by atoms with E-state index in [1.165, 1.54) is 0 Å². The van der Waals surface area contributed by atoms with Gasteiger partial charge in [-0.2, -0.15) is 0 Å².